The van der Waals surface area contributed by atoms with Crippen LogP contribution in [0.2, 0.25) is 0 Å². The topological polar surface area (TPSA) is 53.0 Å². The van der Waals surface area contributed by atoms with Gasteiger partial charge >= 0.3 is 0 Å². The standard InChI is InChI=1S/C22H24FN3O2/c1-4-21(27)25(3)14-22(28)26-20(16-11-9-15(2)10-12-16)13-19(24-26)17-7-5-6-8-18(17)23/h5-12,20H,4,13-14H2,1-3H3/t20-/m1/s1. The molecule has 1 heterocycles. The van der Waals surface area contributed by atoms with Crippen LogP contribution in [0.3, 0.4) is 0 Å². The van der Waals surface area contributed by atoms with Gasteiger partial charge in [-0.25, -0.2) is 9.40 Å². The second-order valence-corrected chi connectivity index (χ2v) is 7.00. The Bertz CT molecular complexity index is 908. The lowest BCUT2D eigenvalue weighted by molar-refractivity contribution is -0.140. The molecule has 2 aromatic rings. The zero-order chi connectivity index (χ0) is 20.3. The summed E-state index contributed by atoms with van der Waals surface area (Å²) in [6, 6.07) is 14.0. The number of aryl methyl sites for hydroxylation is 1. The van der Waals surface area contributed by atoms with Gasteiger partial charge in [0.2, 0.25) is 5.91 Å². The Kier molecular flexibility index (Phi) is 5.87. The van der Waals surface area contributed by atoms with E-state index in [9.17, 15) is 14.0 Å². The molecule has 1 aliphatic rings. The molecule has 0 saturated carbocycles. The number of hydrogen-bond acceptors (Lipinski definition) is 3. The van der Waals surface area contributed by atoms with Crippen molar-refractivity contribution in [2.24, 2.45) is 5.10 Å². The molecule has 2 aromatic carbocycles. The fraction of sp³-hybridized carbons (Fsp3) is 0.318. The molecule has 146 valence electrons. The highest BCUT2D eigenvalue weighted by Crippen LogP contribution is 2.33. The van der Waals surface area contributed by atoms with Gasteiger partial charge in [-0.2, -0.15) is 5.10 Å². The number of carbonyl (C=O) groups excluding carboxylic acids is 2. The Morgan fingerprint density at radius 2 is 1.86 bits per heavy atom. The van der Waals surface area contributed by atoms with Crippen molar-refractivity contribution in [2.45, 2.75) is 32.7 Å². The fourth-order valence-electron chi connectivity index (χ4n) is 3.28. The average Bonchev–Trinajstić information content (AvgIpc) is 3.13. The quantitative estimate of drug-likeness (QED) is 0.793. The van der Waals surface area contributed by atoms with Gasteiger partial charge in [-0.15, -0.1) is 0 Å². The Morgan fingerprint density at radius 1 is 1.18 bits per heavy atom. The Morgan fingerprint density at radius 3 is 2.50 bits per heavy atom. The highest BCUT2D eigenvalue weighted by molar-refractivity contribution is 6.03. The lowest BCUT2D eigenvalue weighted by Crippen LogP contribution is -2.38. The molecule has 28 heavy (non-hydrogen) atoms. The molecule has 5 nitrogen and oxygen atoms in total. The van der Waals surface area contributed by atoms with E-state index in [1.165, 1.54) is 16.0 Å². The number of amides is 2. The molecule has 0 bridgehead atoms. The highest BCUT2D eigenvalue weighted by Gasteiger charge is 2.34. The van der Waals surface area contributed by atoms with E-state index in [0.29, 0.717) is 24.1 Å². The minimum Gasteiger partial charge on any atom is -0.336 e. The van der Waals surface area contributed by atoms with Crippen LogP contribution in [0.1, 0.15) is 42.5 Å². The van der Waals surface area contributed by atoms with Crippen LogP contribution in [0.15, 0.2) is 53.6 Å². The second kappa shape index (κ2) is 8.33. The van der Waals surface area contributed by atoms with Gasteiger partial charge in [-0.1, -0.05) is 55.0 Å². The average molecular weight is 381 g/mol. The predicted molar refractivity (Wildman–Crippen MR) is 106 cm³/mol. The minimum absolute atomic E-state index is 0.0664. The molecule has 3 rings (SSSR count). The minimum atomic E-state index is -0.364. The van der Waals surface area contributed by atoms with Gasteiger partial charge in [0.25, 0.3) is 5.91 Å². The summed E-state index contributed by atoms with van der Waals surface area (Å²) >= 11 is 0. The lowest BCUT2D eigenvalue weighted by atomic mass is 9.97. The van der Waals surface area contributed by atoms with Crippen molar-refractivity contribution < 1.29 is 14.0 Å². The number of hydrazone groups is 1. The van der Waals surface area contributed by atoms with Gasteiger partial charge in [-0.3, -0.25) is 9.59 Å². The first kappa shape index (κ1) is 19.7. The van der Waals surface area contributed by atoms with E-state index < -0.39 is 0 Å². The first-order chi connectivity index (χ1) is 13.4. The van der Waals surface area contributed by atoms with E-state index in [4.69, 9.17) is 0 Å². The molecule has 0 spiro atoms. The maximum Gasteiger partial charge on any atom is 0.262 e. The second-order valence-electron chi connectivity index (χ2n) is 7.00. The molecular weight excluding hydrogens is 357 g/mol. The molecule has 1 aliphatic heterocycles. The summed E-state index contributed by atoms with van der Waals surface area (Å²) in [6.45, 7) is 3.68. The van der Waals surface area contributed by atoms with Gasteiger partial charge in [0.15, 0.2) is 0 Å². The molecular formula is C22H24FN3O2. The van der Waals surface area contributed by atoms with Crippen LogP contribution >= 0.6 is 0 Å². The summed E-state index contributed by atoms with van der Waals surface area (Å²) < 4.78 is 14.3. The summed E-state index contributed by atoms with van der Waals surface area (Å²) in [6.07, 6.45) is 0.746. The van der Waals surface area contributed by atoms with Crippen molar-refractivity contribution in [3.8, 4) is 0 Å². The largest absolute Gasteiger partial charge is 0.336 e. The Hall–Kier alpha value is -3.02. The summed E-state index contributed by atoms with van der Waals surface area (Å²) in [5.74, 6) is -0.768. The van der Waals surface area contributed by atoms with Crippen molar-refractivity contribution >= 4 is 17.5 Å². The zero-order valence-corrected chi connectivity index (χ0v) is 16.4. The maximum absolute atomic E-state index is 14.3. The van der Waals surface area contributed by atoms with E-state index in [2.05, 4.69) is 5.10 Å². The number of hydrogen-bond donors (Lipinski definition) is 0. The van der Waals surface area contributed by atoms with Crippen molar-refractivity contribution in [3.05, 3.63) is 71.0 Å². The molecule has 0 N–H and O–H groups in total. The summed E-state index contributed by atoms with van der Waals surface area (Å²) in [5, 5.41) is 5.85. The molecule has 0 aliphatic carbocycles. The SMILES string of the molecule is CCC(=O)N(C)CC(=O)N1N=C(c2ccccc2F)C[C@@H]1c1ccc(C)cc1. The van der Waals surface area contributed by atoms with E-state index in [0.717, 1.165) is 11.1 Å². The van der Waals surface area contributed by atoms with E-state index in [1.807, 2.05) is 31.2 Å². The number of halogens is 1. The van der Waals surface area contributed by atoms with Crippen molar-refractivity contribution in [1.29, 1.82) is 0 Å². The molecule has 1 atom stereocenters. The predicted octanol–water partition coefficient (Wildman–Crippen LogP) is 3.68. The van der Waals surface area contributed by atoms with E-state index in [-0.39, 0.29) is 30.2 Å². The van der Waals surface area contributed by atoms with Gasteiger partial charge < -0.3 is 4.90 Å². The summed E-state index contributed by atoms with van der Waals surface area (Å²) in [4.78, 5) is 26.2. The van der Waals surface area contributed by atoms with Crippen molar-refractivity contribution in [2.75, 3.05) is 13.6 Å². The van der Waals surface area contributed by atoms with Crippen LogP contribution in [-0.2, 0) is 9.59 Å². The van der Waals surface area contributed by atoms with Crippen LogP contribution in [0.4, 0.5) is 4.39 Å². The van der Waals surface area contributed by atoms with Crippen LogP contribution in [-0.4, -0.2) is 41.0 Å². The molecule has 6 heteroatoms. The van der Waals surface area contributed by atoms with E-state index >= 15 is 0 Å². The van der Waals surface area contributed by atoms with Crippen LogP contribution < -0.4 is 0 Å². The van der Waals surface area contributed by atoms with Crippen molar-refractivity contribution in [1.82, 2.24) is 9.91 Å². The highest BCUT2D eigenvalue weighted by atomic mass is 19.1. The van der Waals surface area contributed by atoms with Gasteiger partial charge in [0.1, 0.15) is 12.4 Å². The van der Waals surface area contributed by atoms with E-state index in [1.54, 1.807) is 32.2 Å². The van der Waals surface area contributed by atoms with Crippen LogP contribution in [0.25, 0.3) is 0 Å². The zero-order valence-electron chi connectivity index (χ0n) is 16.4. The first-order valence-corrected chi connectivity index (χ1v) is 9.35. The monoisotopic (exact) mass is 381 g/mol. The fourth-order valence-corrected chi connectivity index (χ4v) is 3.28. The van der Waals surface area contributed by atoms with Crippen LogP contribution in [0, 0.1) is 12.7 Å². The Labute approximate surface area is 164 Å². The third-order valence-corrected chi connectivity index (χ3v) is 4.91. The third-order valence-electron chi connectivity index (χ3n) is 4.91. The molecule has 0 unspecified atom stereocenters. The number of benzene rings is 2. The number of nitrogens with zero attached hydrogens (tertiary/aromatic N) is 3. The normalized spacial score (nSPS) is 16.1. The van der Waals surface area contributed by atoms with Crippen LogP contribution in [0.5, 0.6) is 0 Å². The lowest BCUT2D eigenvalue weighted by Gasteiger charge is -2.24. The Balaban J connectivity index is 1.92. The number of rotatable bonds is 5. The molecule has 0 saturated heterocycles. The van der Waals surface area contributed by atoms with Gasteiger partial charge in [0, 0.05) is 25.5 Å². The molecule has 2 amide bonds. The maximum atomic E-state index is 14.3. The summed E-state index contributed by atoms with van der Waals surface area (Å²) in [5.41, 5.74) is 2.97. The first-order valence-electron chi connectivity index (χ1n) is 9.35. The summed E-state index contributed by atoms with van der Waals surface area (Å²) in [7, 11) is 1.60. The van der Waals surface area contributed by atoms with Crippen molar-refractivity contribution in [3.63, 3.8) is 0 Å². The number of likely N-dealkylation sites (N-methyl/N-ethyl adjacent to an activating group) is 1. The molecule has 0 aromatic heterocycles. The molecule has 0 radical (unpaired) electrons. The van der Waals surface area contributed by atoms with Gasteiger partial charge in [-0.05, 0) is 18.6 Å². The number of carbonyl (C=O) groups is 2. The third kappa shape index (κ3) is 4.11. The van der Waals surface area contributed by atoms with Gasteiger partial charge in [0.05, 0.1) is 11.8 Å². The molecule has 0 fully saturated rings. The smallest absolute Gasteiger partial charge is 0.262 e.